The Balaban J connectivity index is 1.76. The molecule has 0 bridgehead atoms. The van der Waals surface area contributed by atoms with E-state index in [1.807, 2.05) is 0 Å². The lowest BCUT2D eigenvalue weighted by molar-refractivity contribution is -0.120. The Morgan fingerprint density at radius 3 is 3.00 bits per heavy atom. The van der Waals surface area contributed by atoms with Crippen molar-refractivity contribution in [2.45, 2.75) is 31.7 Å². The van der Waals surface area contributed by atoms with E-state index >= 15 is 0 Å². The number of hydrogen-bond acceptors (Lipinski definition) is 2. The van der Waals surface area contributed by atoms with Crippen LogP contribution in [0.25, 0.3) is 0 Å². The van der Waals surface area contributed by atoms with Gasteiger partial charge in [-0.15, -0.1) is 0 Å². The van der Waals surface area contributed by atoms with Gasteiger partial charge in [0, 0.05) is 18.2 Å². The highest BCUT2D eigenvalue weighted by atomic mass is 19.2. The van der Waals surface area contributed by atoms with Gasteiger partial charge in [-0.3, -0.25) is 4.79 Å². The number of rotatable bonds is 5. The second-order valence-electron chi connectivity index (χ2n) is 4.82. The average Bonchev–Trinajstić information content (AvgIpc) is 2.88. The predicted molar refractivity (Wildman–Crippen MR) is 68.7 cm³/mol. The molecular weight excluding hydrogens is 250 g/mol. The van der Waals surface area contributed by atoms with Crippen molar-refractivity contribution in [1.29, 1.82) is 0 Å². The van der Waals surface area contributed by atoms with Gasteiger partial charge in [0.2, 0.25) is 5.91 Å². The van der Waals surface area contributed by atoms with E-state index < -0.39 is 11.6 Å². The zero-order chi connectivity index (χ0) is 13.7. The van der Waals surface area contributed by atoms with Crippen LogP contribution in [0.1, 0.15) is 24.8 Å². The van der Waals surface area contributed by atoms with Gasteiger partial charge in [0.1, 0.15) is 0 Å². The molecule has 19 heavy (non-hydrogen) atoms. The fourth-order valence-electron chi connectivity index (χ4n) is 2.31. The largest absolute Gasteiger partial charge is 0.356 e. The molecule has 0 aromatic heterocycles. The van der Waals surface area contributed by atoms with Crippen LogP contribution in [0.5, 0.6) is 0 Å². The number of benzene rings is 1. The third-order valence-electron chi connectivity index (χ3n) is 3.36. The highest BCUT2D eigenvalue weighted by Crippen LogP contribution is 2.12. The third-order valence-corrected chi connectivity index (χ3v) is 3.36. The maximum Gasteiger partial charge on any atom is 0.224 e. The van der Waals surface area contributed by atoms with Gasteiger partial charge in [0.15, 0.2) is 11.6 Å². The molecule has 1 atom stereocenters. The fraction of sp³-hybridized carbons (Fsp3) is 0.500. The molecule has 5 heteroatoms. The number of carbonyl (C=O) groups is 1. The van der Waals surface area contributed by atoms with Crippen molar-refractivity contribution in [2.24, 2.45) is 0 Å². The summed E-state index contributed by atoms with van der Waals surface area (Å²) in [5.74, 6) is -2.13. The quantitative estimate of drug-likeness (QED) is 0.854. The van der Waals surface area contributed by atoms with Crippen LogP contribution in [0.15, 0.2) is 18.2 Å². The van der Waals surface area contributed by atoms with Crippen LogP contribution in [0.3, 0.4) is 0 Å². The van der Waals surface area contributed by atoms with Crippen LogP contribution in [0, 0.1) is 11.6 Å². The van der Waals surface area contributed by atoms with Crippen molar-refractivity contribution < 1.29 is 13.6 Å². The first-order valence-corrected chi connectivity index (χ1v) is 6.60. The Bertz CT molecular complexity index is 445. The Labute approximate surface area is 111 Å². The summed E-state index contributed by atoms with van der Waals surface area (Å²) in [6.45, 7) is 1.60. The first kappa shape index (κ1) is 13.9. The first-order chi connectivity index (χ1) is 9.16. The van der Waals surface area contributed by atoms with E-state index in [2.05, 4.69) is 10.6 Å². The van der Waals surface area contributed by atoms with Crippen LogP contribution in [0.2, 0.25) is 0 Å². The van der Waals surface area contributed by atoms with Gasteiger partial charge in [0.05, 0.1) is 6.42 Å². The van der Waals surface area contributed by atoms with Gasteiger partial charge in [-0.05, 0) is 31.9 Å². The molecule has 1 aromatic rings. The molecule has 1 amide bonds. The highest BCUT2D eigenvalue weighted by Gasteiger charge is 2.14. The first-order valence-electron chi connectivity index (χ1n) is 6.60. The van der Waals surface area contributed by atoms with Gasteiger partial charge in [-0.25, -0.2) is 8.78 Å². The van der Waals surface area contributed by atoms with Crippen molar-refractivity contribution in [3.63, 3.8) is 0 Å². The fourth-order valence-corrected chi connectivity index (χ4v) is 2.31. The molecule has 1 fully saturated rings. The molecule has 1 aromatic carbocycles. The average molecular weight is 268 g/mol. The molecule has 0 radical (unpaired) electrons. The normalized spacial score (nSPS) is 18.5. The minimum Gasteiger partial charge on any atom is -0.356 e. The summed E-state index contributed by atoms with van der Waals surface area (Å²) >= 11 is 0. The Kier molecular flexibility index (Phi) is 4.85. The molecule has 1 heterocycles. The highest BCUT2D eigenvalue weighted by molar-refractivity contribution is 5.78. The molecule has 3 nitrogen and oxygen atoms in total. The lowest BCUT2D eigenvalue weighted by Crippen LogP contribution is -2.31. The molecule has 2 N–H and O–H groups in total. The molecule has 0 saturated carbocycles. The van der Waals surface area contributed by atoms with E-state index in [1.165, 1.54) is 18.6 Å². The second kappa shape index (κ2) is 6.61. The van der Waals surface area contributed by atoms with E-state index in [0.717, 1.165) is 25.5 Å². The molecule has 0 unspecified atom stereocenters. The summed E-state index contributed by atoms with van der Waals surface area (Å²) in [6, 6.07) is 4.34. The summed E-state index contributed by atoms with van der Waals surface area (Å²) < 4.78 is 26.3. The van der Waals surface area contributed by atoms with E-state index in [4.69, 9.17) is 0 Å². The van der Waals surface area contributed by atoms with Gasteiger partial charge >= 0.3 is 0 Å². The van der Waals surface area contributed by atoms with Crippen LogP contribution >= 0.6 is 0 Å². The van der Waals surface area contributed by atoms with Crippen molar-refractivity contribution in [3.8, 4) is 0 Å². The molecule has 104 valence electrons. The van der Waals surface area contributed by atoms with Gasteiger partial charge in [0.25, 0.3) is 0 Å². The van der Waals surface area contributed by atoms with Crippen LogP contribution in [0.4, 0.5) is 8.78 Å². The minimum atomic E-state index is -0.935. The smallest absolute Gasteiger partial charge is 0.224 e. The van der Waals surface area contributed by atoms with E-state index in [0.29, 0.717) is 12.6 Å². The van der Waals surface area contributed by atoms with Crippen molar-refractivity contribution in [3.05, 3.63) is 35.4 Å². The van der Waals surface area contributed by atoms with Gasteiger partial charge in [-0.1, -0.05) is 12.1 Å². The molecule has 1 saturated heterocycles. The summed E-state index contributed by atoms with van der Waals surface area (Å²) in [6.07, 6.45) is 3.06. The van der Waals surface area contributed by atoms with Crippen LogP contribution in [-0.2, 0) is 11.2 Å². The zero-order valence-electron chi connectivity index (χ0n) is 10.7. The molecule has 0 aliphatic carbocycles. The lowest BCUT2D eigenvalue weighted by Gasteiger charge is -2.11. The molecule has 0 spiro atoms. The Morgan fingerprint density at radius 1 is 1.42 bits per heavy atom. The van der Waals surface area contributed by atoms with E-state index in [9.17, 15) is 13.6 Å². The SMILES string of the molecule is O=C(Cc1cccc(F)c1F)NCC[C@@H]1CCCN1. The number of hydrogen-bond donors (Lipinski definition) is 2. The number of carbonyl (C=O) groups excluding carboxylic acids is 1. The van der Waals surface area contributed by atoms with Crippen molar-refractivity contribution in [2.75, 3.05) is 13.1 Å². The summed E-state index contributed by atoms with van der Waals surface area (Å²) in [7, 11) is 0. The maximum atomic E-state index is 13.4. The molecular formula is C14H18F2N2O. The number of nitrogens with one attached hydrogen (secondary N) is 2. The Hall–Kier alpha value is -1.49. The summed E-state index contributed by atoms with van der Waals surface area (Å²) in [4.78, 5) is 11.6. The van der Waals surface area contributed by atoms with Crippen molar-refractivity contribution >= 4 is 5.91 Å². The summed E-state index contributed by atoms with van der Waals surface area (Å²) in [5.41, 5.74) is 0.0940. The molecule has 2 rings (SSSR count). The van der Waals surface area contributed by atoms with Crippen LogP contribution in [-0.4, -0.2) is 25.0 Å². The van der Waals surface area contributed by atoms with E-state index in [1.54, 1.807) is 0 Å². The minimum absolute atomic E-state index is 0.0940. The maximum absolute atomic E-state index is 13.4. The lowest BCUT2D eigenvalue weighted by atomic mass is 10.1. The third kappa shape index (κ3) is 3.99. The summed E-state index contributed by atoms with van der Waals surface area (Å²) in [5, 5.41) is 6.07. The monoisotopic (exact) mass is 268 g/mol. The van der Waals surface area contributed by atoms with Crippen LogP contribution < -0.4 is 10.6 Å². The molecule has 1 aliphatic rings. The second-order valence-corrected chi connectivity index (χ2v) is 4.82. The predicted octanol–water partition coefficient (Wildman–Crippen LogP) is 1.77. The standard InChI is InChI=1S/C14H18F2N2O/c15-12-5-1-3-10(14(12)16)9-13(19)18-8-6-11-4-2-7-17-11/h1,3,5,11,17H,2,4,6-9H2,(H,18,19)/t11-/m0/s1. The van der Waals surface area contributed by atoms with E-state index in [-0.39, 0.29) is 17.9 Å². The topological polar surface area (TPSA) is 41.1 Å². The zero-order valence-corrected chi connectivity index (χ0v) is 10.7. The number of amides is 1. The molecule has 1 aliphatic heterocycles. The van der Waals surface area contributed by atoms with Gasteiger partial charge < -0.3 is 10.6 Å². The number of halogens is 2. The Morgan fingerprint density at radius 2 is 2.26 bits per heavy atom. The van der Waals surface area contributed by atoms with Crippen molar-refractivity contribution in [1.82, 2.24) is 10.6 Å². The van der Waals surface area contributed by atoms with Gasteiger partial charge in [-0.2, -0.15) is 0 Å².